The zero-order valence-corrected chi connectivity index (χ0v) is 35.7. The lowest BCUT2D eigenvalue weighted by Crippen LogP contribution is -2.72. The molecule has 292 valence electrons. The van der Waals surface area contributed by atoms with E-state index < -0.39 is 45.2 Å². The molecule has 56 heavy (non-hydrogen) atoms. The van der Waals surface area contributed by atoms with Crippen LogP contribution in [0, 0.1) is 18.8 Å². The molecule has 2 heterocycles. The fourth-order valence-corrected chi connectivity index (χ4v) is 13.9. The molecule has 6 rings (SSSR count). The van der Waals surface area contributed by atoms with Crippen LogP contribution in [0.5, 0.6) is 0 Å². The smallest absolute Gasteiger partial charge is 0.356 e. The zero-order valence-electron chi connectivity index (χ0n) is 33.8. The number of likely N-dealkylation sites (tertiary alicyclic amines) is 1. The van der Waals surface area contributed by atoms with Crippen LogP contribution in [0.4, 0.5) is 0 Å². The Morgan fingerprint density at radius 1 is 0.946 bits per heavy atom. The van der Waals surface area contributed by atoms with Gasteiger partial charge in [-0.3, -0.25) is 14.6 Å². The molecule has 0 radical (unpaired) electrons. The van der Waals surface area contributed by atoms with E-state index in [4.69, 9.17) is 9.16 Å². The van der Waals surface area contributed by atoms with Crippen molar-refractivity contribution in [1.82, 2.24) is 9.88 Å². The molecule has 1 saturated heterocycles. The number of nitrogens with zero attached hydrogens (tertiary/aromatic N) is 2. The number of β-lactam (4-membered cyclic amide) rings is 1. The second-order valence-electron chi connectivity index (χ2n) is 16.5. The second kappa shape index (κ2) is 16.8. The summed E-state index contributed by atoms with van der Waals surface area (Å²) in [5.41, 5.74) is 2.76. The standard InChI is InChI=1S/C47H55N2O5PSi/c1-9-30-53-46(52)45(55(37-21-13-10-14-22-37,38-23-15-11-16-24-38)39-25-17-12-18-26-39)49-42(41(44(49)51)34(3)54-56(7,8)47(4,5)6)40-27-19-20-36(43(40)50)32-35-28-29-48-33(2)31-35/h9-18,21-26,28-29,31-32,34,40-42H,1,19-20,27,30H2,2-8H3/t34-,40-,41-,42-/m1/s1. The maximum Gasteiger partial charge on any atom is 0.356 e. The van der Waals surface area contributed by atoms with Gasteiger partial charge in [0.05, 0.1) is 18.1 Å². The molecule has 1 aliphatic heterocycles. The van der Waals surface area contributed by atoms with Crippen molar-refractivity contribution in [2.45, 2.75) is 84.2 Å². The Hall–Kier alpha value is -4.62. The van der Waals surface area contributed by atoms with Crippen molar-refractivity contribution in [2.24, 2.45) is 11.8 Å². The predicted molar refractivity (Wildman–Crippen MR) is 232 cm³/mol. The Morgan fingerprint density at radius 2 is 1.50 bits per heavy atom. The molecular formula is C47H55N2O5PSi. The molecule has 1 saturated carbocycles. The molecule has 1 aliphatic carbocycles. The van der Waals surface area contributed by atoms with Crippen LogP contribution in [-0.2, 0) is 23.5 Å². The number of hydrogen-bond donors (Lipinski definition) is 0. The summed E-state index contributed by atoms with van der Waals surface area (Å²) < 4.78 is 13.0. The van der Waals surface area contributed by atoms with E-state index in [1.165, 1.54) is 0 Å². The van der Waals surface area contributed by atoms with Crippen LogP contribution in [0.3, 0.4) is 0 Å². The highest BCUT2D eigenvalue weighted by Gasteiger charge is 2.60. The van der Waals surface area contributed by atoms with Crippen LogP contribution in [-0.4, -0.2) is 60.0 Å². The summed E-state index contributed by atoms with van der Waals surface area (Å²) in [5.74, 6) is -2.06. The first-order valence-corrected chi connectivity index (χ1v) is 24.3. The van der Waals surface area contributed by atoms with Crippen molar-refractivity contribution in [3.8, 4) is 0 Å². The number of Topliss-reactive ketones (excluding diaryl/α,β-unsaturated/α-hetero) is 1. The summed E-state index contributed by atoms with van der Waals surface area (Å²) in [6.07, 6.45) is 6.73. The number of ether oxygens (including phenoxy) is 1. The number of aryl methyl sites for hydroxylation is 1. The molecule has 1 aromatic heterocycles. The van der Waals surface area contributed by atoms with E-state index in [2.05, 4.69) is 45.4 Å². The van der Waals surface area contributed by atoms with Crippen molar-refractivity contribution >= 4 is 60.3 Å². The van der Waals surface area contributed by atoms with Crippen LogP contribution in [0.1, 0.15) is 58.2 Å². The Balaban J connectivity index is 1.66. The topological polar surface area (TPSA) is 85.8 Å². The number of ketones is 1. The van der Waals surface area contributed by atoms with Gasteiger partial charge in [-0.1, -0.05) is 124 Å². The third-order valence-electron chi connectivity index (χ3n) is 11.8. The van der Waals surface area contributed by atoms with Gasteiger partial charge in [0, 0.05) is 24.7 Å². The van der Waals surface area contributed by atoms with Gasteiger partial charge in [-0.15, -0.1) is 0 Å². The maximum absolute atomic E-state index is 15.4. The number of benzene rings is 3. The minimum atomic E-state index is -3.18. The normalized spacial score (nSPS) is 20.3. The van der Waals surface area contributed by atoms with Crippen LogP contribution in [0.2, 0.25) is 18.1 Å². The highest BCUT2D eigenvalue weighted by atomic mass is 31.2. The average molecular weight is 787 g/mol. The quantitative estimate of drug-likeness (QED) is 0.0360. The average Bonchev–Trinajstić information content (AvgIpc) is 3.17. The third-order valence-corrected chi connectivity index (χ3v) is 20.6. The van der Waals surface area contributed by atoms with Gasteiger partial charge in [-0.25, -0.2) is 4.79 Å². The summed E-state index contributed by atoms with van der Waals surface area (Å²) in [4.78, 5) is 51.5. The number of carbonyl (C=O) groups excluding carboxylic acids is 3. The van der Waals surface area contributed by atoms with Gasteiger partial charge < -0.3 is 14.1 Å². The molecule has 4 aromatic rings. The number of aromatic nitrogens is 1. The predicted octanol–water partition coefficient (Wildman–Crippen LogP) is 8.23. The number of allylic oxidation sites excluding steroid dienone is 1. The first kappa shape index (κ1) is 41.0. The Kier molecular flexibility index (Phi) is 12.3. The lowest BCUT2D eigenvalue weighted by atomic mass is 9.69. The van der Waals surface area contributed by atoms with Gasteiger partial charge in [0.2, 0.25) is 5.91 Å². The largest absolute Gasteiger partial charge is 0.457 e. The molecule has 2 aliphatic rings. The Bertz CT molecular complexity index is 2060. The number of rotatable bonds is 12. The number of carbonyl (C=O) groups is 3. The van der Waals surface area contributed by atoms with E-state index in [0.29, 0.717) is 18.4 Å². The Morgan fingerprint density at radius 3 is 2.00 bits per heavy atom. The summed E-state index contributed by atoms with van der Waals surface area (Å²) >= 11 is 0. The SMILES string of the molecule is C=CCOC(=O)C(N1C(=O)[C@H]([C@@H](C)O[Si](C)(C)C(C)(C)C)[C@H]1[C@H]1CCCC(=Cc2ccnc(C)c2)C1=O)=P(c1ccccc1)(c1ccccc1)c1ccccc1. The van der Waals surface area contributed by atoms with Gasteiger partial charge in [-0.05, 0) is 96.5 Å². The molecule has 7 nitrogen and oxygen atoms in total. The van der Waals surface area contributed by atoms with E-state index in [1.54, 1.807) is 17.2 Å². The van der Waals surface area contributed by atoms with E-state index in [0.717, 1.165) is 33.6 Å². The fourth-order valence-electron chi connectivity index (χ4n) is 8.10. The lowest BCUT2D eigenvalue weighted by Gasteiger charge is -2.55. The first-order valence-electron chi connectivity index (χ1n) is 19.6. The lowest BCUT2D eigenvalue weighted by molar-refractivity contribution is -0.162. The van der Waals surface area contributed by atoms with Gasteiger partial charge in [-0.2, -0.15) is 0 Å². The van der Waals surface area contributed by atoms with Crippen molar-refractivity contribution in [3.05, 3.63) is 139 Å². The minimum Gasteiger partial charge on any atom is -0.457 e. The molecule has 0 spiro atoms. The molecule has 0 N–H and O–H groups in total. The molecular weight excluding hydrogens is 732 g/mol. The first-order chi connectivity index (χ1) is 26.7. The molecule has 3 aromatic carbocycles. The zero-order chi connectivity index (χ0) is 40.3. The number of pyridine rings is 1. The Labute approximate surface area is 334 Å². The van der Waals surface area contributed by atoms with Crippen LogP contribution in [0.25, 0.3) is 6.08 Å². The molecule has 4 atom stereocenters. The van der Waals surface area contributed by atoms with Crippen molar-refractivity contribution in [3.63, 3.8) is 0 Å². The third kappa shape index (κ3) is 7.84. The van der Waals surface area contributed by atoms with Crippen molar-refractivity contribution < 1.29 is 23.5 Å². The molecule has 9 heteroatoms. The van der Waals surface area contributed by atoms with Crippen LogP contribution < -0.4 is 15.9 Å². The van der Waals surface area contributed by atoms with Gasteiger partial charge in [0.1, 0.15) is 12.0 Å². The molecule has 2 fully saturated rings. The van der Waals surface area contributed by atoms with Crippen molar-refractivity contribution in [1.29, 1.82) is 0 Å². The van der Waals surface area contributed by atoms with Gasteiger partial charge >= 0.3 is 5.97 Å². The fraction of sp³-hybridized carbons (Fsp3) is 0.340. The van der Waals surface area contributed by atoms with Crippen LogP contribution in [0.15, 0.2) is 128 Å². The maximum atomic E-state index is 15.4. The molecule has 0 bridgehead atoms. The van der Waals surface area contributed by atoms with Gasteiger partial charge in [0.15, 0.2) is 14.1 Å². The van der Waals surface area contributed by atoms with E-state index >= 15 is 9.59 Å². The molecule has 0 unspecified atom stereocenters. The van der Waals surface area contributed by atoms with Crippen LogP contribution >= 0.6 is 6.89 Å². The van der Waals surface area contributed by atoms with E-state index in [9.17, 15) is 4.79 Å². The van der Waals surface area contributed by atoms with Crippen molar-refractivity contribution in [2.75, 3.05) is 6.61 Å². The summed E-state index contributed by atoms with van der Waals surface area (Å²) in [6, 6.07) is 33.2. The highest BCUT2D eigenvalue weighted by Crippen LogP contribution is 2.52. The van der Waals surface area contributed by atoms with Gasteiger partial charge in [0.25, 0.3) is 0 Å². The minimum absolute atomic E-state index is 0.000354. The second-order valence-corrected chi connectivity index (χ2v) is 24.5. The summed E-state index contributed by atoms with van der Waals surface area (Å²) in [5, 5.41) is 2.58. The van der Waals surface area contributed by atoms with E-state index in [1.807, 2.05) is 123 Å². The summed E-state index contributed by atoms with van der Waals surface area (Å²) in [6.45, 7) is 15.4. The highest BCUT2D eigenvalue weighted by molar-refractivity contribution is 7.96. The summed E-state index contributed by atoms with van der Waals surface area (Å²) in [7, 11) is -2.37. The number of amides is 1. The number of hydrogen-bond acceptors (Lipinski definition) is 6. The van der Waals surface area contributed by atoms with E-state index in [-0.39, 0.29) is 28.8 Å². The number of esters is 1. The molecule has 1 amide bonds. The monoisotopic (exact) mass is 786 g/mol.